The van der Waals surface area contributed by atoms with Crippen LogP contribution in [0.15, 0.2) is 24.5 Å². The summed E-state index contributed by atoms with van der Waals surface area (Å²) in [6, 6.07) is 3.50. The zero-order chi connectivity index (χ0) is 18.5. The molecule has 0 unspecified atom stereocenters. The van der Waals surface area contributed by atoms with Gasteiger partial charge < -0.3 is 20.9 Å². The molecule has 4 N–H and O–H groups in total. The summed E-state index contributed by atoms with van der Waals surface area (Å²) in [6.07, 6.45) is 7.49. The van der Waals surface area contributed by atoms with Gasteiger partial charge in [-0.25, -0.2) is 9.18 Å². The number of carbonyl (C=O) groups excluding carboxylic acids is 2. The number of carbonyl (C=O) groups is 2. The Morgan fingerprint density at radius 3 is 2.77 bits per heavy atom. The van der Waals surface area contributed by atoms with Crippen molar-refractivity contribution >= 4 is 17.6 Å². The van der Waals surface area contributed by atoms with Crippen LogP contribution in [0.5, 0.6) is 0 Å². The van der Waals surface area contributed by atoms with Crippen LogP contribution in [0.4, 0.5) is 14.9 Å². The zero-order valence-corrected chi connectivity index (χ0v) is 14.2. The molecule has 0 saturated heterocycles. The number of primary amides is 1. The average Bonchev–Trinajstić information content (AvgIpc) is 3.11. The largest absolute Gasteiger partial charge is 0.366 e. The number of anilines is 1. The summed E-state index contributed by atoms with van der Waals surface area (Å²) in [5.74, 6) is -0.944. The van der Waals surface area contributed by atoms with E-state index in [-0.39, 0.29) is 17.8 Å². The third-order valence-electron chi connectivity index (χ3n) is 4.51. The van der Waals surface area contributed by atoms with E-state index >= 15 is 0 Å². The van der Waals surface area contributed by atoms with Crippen LogP contribution in [0.3, 0.4) is 0 Å². The molecule has 0 radical (unpaired) electrons. The average molecular weight is 360 g/mol. The fraction of sp³-hybridized carbons (Fsp3) is 0.412. The predicted molar refractivity (Wildman–Crippen MR) is 92.9 cm³/mol. The number of nitrogens with two attached hydrogens (primary N) is 1. The van der Waals surface area contributed by atoms with Gasteiger partial charge in [-0.15, -0.1) is 10.2 Å². The van der Waals surface area contributed by atoms with Crippen LogP contribution in [0.2, 0.25) is 0 Å². The maximum absolute atomic E-state index is 13.5. The molecular formula is C17H21FN6O2. The Morgan fingerprint density at radius 2 is 2.04 bits per heavy atom. The van der Waals surface area contributed by atoms with Crippen LogP contribution < -0.4 is 16.4 Å². The molecule has 1 aromatic carbocycles. The van der Waals surface area contributed by atoms with Gasteiger partial charge in [0.05, 0.1) is 12.1 Å². The number of nitrogens with one attached hydrogen (secondary N) is 2. The van der Waals surface area contributed by atoms with Crippen LogP contribution >= 0.6 is 0 Å². The summed E-state index contributed by atoms with van der Waals surface area (Å²) >= 11 is 0. The molecule has 138 valence electrons. The lowest BCUT2D eigenvalue weighted by Crippen LogP contribution is -2.30. The topological polar surface area (TPSA) is 115 Å². The smallest absolute Gasteiger partial charge is 0.319 e. The standard InChI is InChI=1S/C17H21FN6O2/c18-14-7-6-11(8-13(14)16(19)25)22-17(26)20-9-15-23-21-10-24(15)12-4-2-1-3-5-12/h6-8,10,12H,1-5,9H2,(H2,19,25)(H2,20,22,26). The normalized spacial score (nSPS) is 14.8. The van der Waals surface area contributed by atoms with Crippen LogP contribution in [0, 0.1) is 5.82 Å². The quantitative estimate of drug-likeness (QED) is 0.759. The van der Waals surface area contributed by atoms with Crippen molar-refractivity contribution in [3.05, 3.63) is 41.7 Å². The highest BCUT2D eigenvalue weighted by molar-refractivity contribution is 5.96. The number of halogens is 1. The zero-order valence-electron chi connectivity index (χ0n) is 14.2. The molecule has 8 nitrogen and oxygen atoms in total. The Bertz CT molecular complexity index is 800. The maximum Gasteiger partial charge on any atom is 0.319 e. The van der Waals surface area contributed by atoms with Crippen molar-refractivity contribution < 1.29 is 14.0 Å². The van der Waals surface area contributed by atoms with Crippen LogP contribution in [-0.4, -0.2) is 26.7 Å². The first-order valence-electron chi connectivity index (χ1n) is 8.57. The van der Waals surface area contributed by atoms with Crippen molar-refractivity contribution in [2.75, 3.05) is 5.32 Å². The molecule has 1 aliphatic rings. The molecule has 2 aromatic rings. The number of benzene rings is 1. The van der Waals surface area contributed by atoms with Crippen molar-refractivity contribution in [2.24, 2.45) is 5.73 Å². The molecule has 1 heterocycles. The van der Waals surface area contributed by atoms with E-state index in [2.05, 4.69) is 20.8 Å². The molecule has 26 heavy (non-hydrogen) atoms. The van der Waals surface area contributed by atoms with Crippen LogP contribution in [0.25, 0.3) is 0 Å². The van der Waals surface area contributed by atoms with Crippen LogP contribution in [-0.2, 0) is 6.54 Å². The molecule has 1 aromatic heterocycles. The van der Waals surface area contributed by atoms with Gasteiger partial charge in [0.25, 0.3) is 5.91 Å². The number of amides is 3. The minimum Gasteiger partial charge on any atom is -0.366 e. The first kappa shape index (κ1) is 17.8. The number of urea groups is 1. The molecule has 1 saturated carbocycles. The fourth-order valence-corrected chi connectivity index (χ4v) is 3.18. The predicted octanol–water partition coefficient (Wildman–Crippen LogP) is 2.34. The summed E-state index contributed by atoms with van der Waals surface area (Å²) in [4.78, 5) is 23.2. The minimum atomic E-state index is -0.896. The molecular weight excluding hydrogens is 339 g/mol. The first-order chi connectivity index (χ1) is 12.5. The highest BCUT2D eigenvalue weighted by atomic mass is 19.1. The van der Waals surface area contributed by atoms with Gasteiger partial charge in [-0.05, 0) is 31.0 Å². The van der Waals surface area contributed by atoms with E-state index < -0.39 is 17.8 Å². The van der Waals surface area contributed by atoms with Crippen molar-refractivity contribution in [3.63, 3.8) is 0 Å². The van der Waals surface area contributed by atoms with Crippen molar-refractivity contribution in [1.82, 2.24) is 20.1 Å². The molecule has 1 fully saturated rings. The van der Waals surface area contributed by atoms with E-state index in [9.17, 15) is 14.0 Å². The first-order valence-corrected chi connectivity index (χ1v) is 8.57. The second-order valence-electron chi connectivity index (χ2n) is 6.31. The van der Waals surface area contributed by atoms with Gasteiger partial charge in [-0.2, -0.15) is 0 Å². The van der Waals surface area contributed by atoms with Gasteiger partial charge in [-0.3, -0.25) is 4.79 Å². The molecule has 3 amide bonds. The maximum atomic E-state index is 13.5. The van der Waals surface area contributed by atoms with E-state index in [1.54, 1.807) is 6.33 Å². The van der Waals surface area contributed by atoms with Crippen LogP contribution in [0.1, 0.15) is 54.3 Å². The number of aromatic nitrogens is 3. The van der Waals surface area contributed by atoms with E-state index in [1.165, 1.54) is 31.4 Å². The molecule has 0 bridgehead atoms. The molecule has 0 atom stereocenters. The van der Waals surface area contributed by atoms with E-state index in [1.807, 2.05) is 4.57 Å². The lowest BCUT2D eigenvalue weighted by Gasteiger charge is -2.24. The lowest BCUT2D eigenvalue weighted by molar-refractivity contribution is 0.0996. The Hall–Kier alpha value is -2.97. The lowest BCUT2D eigenvalue weighted by atomic mass is 9.95. The molecule has 0 spiro atoms. The highest BCUT2D eigenvalue weighted by Gasteiger charge is 2.18. The van der Waals surface area contributed by atoms with Gasteiger partial charge in [0.15, 0.2) is 5.82 Å². The molecule has 0 aliphatic heterocycles. The summed E-state index contributed by atoms with van der Waals surface area (Å²) in [5.41, 5.74) is 5.09. The number of hydrogen-bond donors (Lipinski definition) is 3. The third kappa shape index (κ3) is 4.16. The van der Waals surface area contributed by atoms with Gasteiger partial charge in [0.2, 0.25) is 0 Å². The van der Waals surface area contributed by atoms with Crippen molar-refractivity contribution in [3.8, 4) is 0 Å². The third-order valence-corrected chi connectivity index (χ3v) is 4.51. The summed E-state index contributed by atoms with van der Waals surface area (Å²) in [5, 5.41) is 13.3. The summed E-state index contributed by atoms with van der Waals surface area (Å²) in [7, 11) is 0. The summed E-state index contributed by atoms with van der Waals surface area (Å²) < 4.78 is 15.5. The van der Waals surface area contributed by atoms with E-state index in [4.69, 9.17) is 5.73 Å². The summed E-state index contributed by atoms with van der Waals surface area (Å²) in [6.45, 7) is 0.214. The highest BCUT2D eigenvalue weighted by Crippen LogP contribution is 2.28. The van der Waals surface area contributed by atoms with Gasteiger partial charge in [0.1, 0.15) is 12.1 Å². The molecule has 3 rings (SSSR count). The second-order valence-corrected chi connectivity index (χ2v) is 6.31. The van der Waals surface area contributed by atoms with Gasteiger partial charge in [-0.1, -0.05) is 19.3 Å². The minimum absolute atomic E-state index is 0.214. The number of hydrogen-bond acceptors (Lipinski definition) is 4. The Morgan fingerprint density at radius 1 is 1.27 bits per heavy atom. The molecule has 9 heteroatoms. The van der Waals surface area contributed by atoms with Gasteiger partial charge in [0, 0.05) is 11.7 Å². The monoisotopic (exact) mass is 360 g/mol. The fourth-order valence-electron chi connectivity index (χ4n) is 3.18. The second kappa shape index (κ2) is 7.94. The number of rotatable bonds is 5. The molecule has 1 aliphatic carbocycles. The van der Waals surface area contributed by atoms with Crippen molar-refractivity contribution in [1.29, 1.82) is 0 Å². The van der Waals surface area contributed by atoms with E-state index in [0.29, 0.717) is 11.9 Å². The Kier molecular flexibility index (Phi) is 5.45. The number of nitrogens with zero attached hydrogens (tertiary/aromatic N) is 3. The van der Waals surface area contributed by atoms with E-state index in [0.717, 1.165) is 18.9 Å². The Balaban J connectivity index is 1.59. The Labute approximate surface area is 150 Å². The van der Waals surface area contributed by atoms with Crippen molar-refractivity contribution in [2.45, 2.75) is 44.7 Å². The van der Waals surface area contributed by atoms with Gasteiger partial charge >= 0.3 is 6.03 Å². The SMILES string of the molecule is NC(=O)c1cc(NC(=O)NCc2nncn2C2CCCCC2)ccc1F.